The van der Waals surface area contributed by atoms with E-state index in [1.165, 1.54) is 16.0 Å². The highest BCUT2D eigenvalue weighted by Crippen LogP contribution is 2.27. The Kier molecular flexibility index (Phi) is 1.23. The molecule has 0 aromatic carbocycles. The van der Waals surface area contributed by atoms with Crippen molar-refractivity contribution >= 4 is 22.0 Å². The topological polar surface area (TPSA) is 30.4 Å². The molecule has 0 aliphatic heterocycles. The van der Waals surface area contributed by atoms with Gasteiger partial charge in [-0.05, 0) is 25.0 Å². The van der Waals surface area contributed by atoms with E-state index < -0.39 is 0 Å². The van der Waals surface area contributed by atoms with E-state index in [1.807, 2.05) is 10.6 Å². The van der Waals surface area contributed by atoms with Crippen LogP contribution in [0.25, 0.3) is 4.83 Å². The van der Waals surface area contributed by atoms with E-state index in [2.05, 4.69) is 19.2 Å². The van der Waals surface area contributed by atoms with Crippen LogP contribution in [0.4, 0.5) is 5.82 Å². The molecule has 0 amide bonds. The van der Waals surface area contributed by atoms with Crippen LogP contribution in [0.3, 0.4) is 0 Å². The Bertz CT molecular complexity index is 363. The van der Waals surface area contributed by atoms with Crippen molar-refractivity contribution in [1.29, 1.82) is 0 Å². The van der Waals surface area contributed by atoms with Crippen LogP contribution >= 0.6 is 11.3 Å². The maximum Gasteiger partial charge on any atom is 0.111 e. The summed E-state index contributed by atoms with van der Waals surface area (Å²) in [6.45, 7) is 4.17. The largest absolute Gasteiger partial charge is 0.385 e. The number of rotatable bonds is 0. The predicted molar refractivity (Wildman–Crippen MR) is 49.2 cm³/mol. The third-order valence-electron chi connectivity index (χ3n) is 2.14. The van der Waals surface area contributed by atoms with Gasteiger partial charge < -0.3 is 5.73 Å². The monoisotopic (exact) mass is 166 g/mol. The Morgan fingerprint density at radius 2 is 2.09 bits per heavy atom. The fourth-order valence-electron chi connectivity index (χ4n) is 1.27. The van der Waals surface area contributed by atoms with E-state index in [9.17, 15) is 0 Å². The average molecular weight is 166 g/mol. The summed E-state index contributed by atoms with van der Waals surface area (Å²) in [5.41, 5.74) is 8.36. The number of nitrogens with zero attached hydrogens (tertiary/aromatic N) is 1. The van der Waals surface area contributed by atoms with E-state index in [0.29, 0.717) is 0 Å². The zero-order valence-electron chi connectivity index (χ0n) is 6.59. The van der Waals surface area contributed by atoms with Crippen LogP contribution in [0.15, 0.2) is 11.6 Å². The summed E-state index contributed by atoms with van der Waals surface area (Å²) in [5.74, 6) is 0.874. The molecule has 2 heterocycles. The van der Waals surface area contributed by atoms with Gasteiger partial charge >= 0.3 is 0 Å². The maximum atomic E-state index is 5.85. The predicted octanol–water partition coefficient (Wildman–Crippen LogP) is 2.20. The lowest BCUT2D eigenvalue weighted by Crippen LogP contribution is -1.90. The van der Waals surface area contributed by atoms with Crippen LogP contribution in [0, 0.1) is 13.8 Å². The third kappa shape index (κ3) is 0.715. The van der Waals surface area contributed by atoms with Crippen molar-refractivity contribution in [1.82, 2.24) is 4.40 Å². The molecule has 0 radical (unpaired) electrons. The van der Waals surface area contributed by atoms with Gasteiger partial charge in [-0.15, -0.1) is 11.3 Å². The first-order valence-electron chi connectivity index (χ1n) is 3.52. The van der Waals surface area contributed by atoms with Crippen molar-refractivity contribution in [2.75, 3.05) is 5.73 Å². The molecule has 0 aliphatic rings. The molecule has 2 N–H and O–H groups in total. The number of hydrogen-bond donors (Lipinski definition) is 1. The molecule has 2 aromatic heterocycles. The Balaban J connectivity index is 3.00. The molecule has 3 heteroatoms. The summed E-state index contributed by atoms with van der Waals surface area (Å²) >= 11 is 1.73. The SMILES string of the molecule is Cc1c(C)c2sccn2c1N. The van der Waals surface area contributed by atoms with Crippen LogP contribution < -0.4 is 5.73 Å². The molecule has 11 heavy (non-hydrogen) atoms. The van der Waals surface area contributed by atoms with E-state index in [1.54, 1.807) is 11.3 Å². The second kappa shape index (κ2) is 2.01. The highest BCUT2D eigenvalue weighted by Gasteiger charge is 2.08. The number of aryl methyl sites for hydroxylation is 1. The van der Waals surface area contributed by atoms with E-state index in [4.69, 9.17) is 5.73 Å². The highest BCUT2D eigenvalue weighted by atomic mass is 32.1. The summed E-state index contributed by atoms with van der Waals surface area (Å²) in [6.07, 6.45) is 2.01. The fourth-order valence-corrected chi connectivity index (χ4v) is 2.19. The van der Waals surface area contributed by atoms with Gasteiger partial charge in [0.15, 0.2) is 0 Å². The van der Waals surface area contributed by atoms with Gasteiger partial charge in [-0.2, -0.15) is 0 Å². The van der Waals surface area contributed by atoms with Crippen molar-refractivity contribution in [3.8, 4) is 0 Å². The lowest BCUT2D eigenvalue weighted by atomic mass is 10.2. The van der Waals surface area contributed by atoms with Gasteiger partial charge in [0.25, 0.3) is 0 Å². The molecule has 2 aromatic rings. The lowest BCUT2D eigenvalue weighted by molar-refractivity contribution is 1.24. The Hall–Kier alpha value is -0.960. The summed E-state index contributed by atoms with van der Waals surface area (Å²) in [5, 5.41) is 2.05. The molecule has 0 fully saturated rings. The molecule has 0 spiro atoms. The first-order chi connectivity index (χ1) is 5.22. The number of thiazole rings is 1. The van der Waals surface area contributed by atoms with Gasteiger partial charge in [-0.1, -0.05) is 0 Å². The molecule has 58 valence electrons. The summed E-state index contributed by atoms with van der Waals surface area (Å²) in [4.78, 5) is 1.26. The van der Waals surface area contributed by atoms with Crippen LogP contribution in [0.1, 0.15) is 11.1 Å². The summed E-state index contributed by atoms with van der Waals surface area (Å²) in [7, 11) is 0. The first kappa shape index (κ1) is 6.73. The van der Waals surface area contributed by atoms with Crippen molar-refractivity contribution in [3.05, 3.63) is 22.7 Å². The van der Waals surface area contributed by atoms with Gasteiger partial charge in [0, 0.05) is 11.6 Å². The summed E-state index contributed by atoms with van der Waals surface area (Å²) < 4.78 is 2.04. The molecule has 0 saturated carbocycles. The smallest absolute Gasteiger partial charge is 0.111 e. The van der Waals surface area contributed by atoms with Gasteiger partial charge in [0.2, 0.25) is 0 Å². The van der Waals surface area contributed by atoms with Gasteiger partial charge in [0.1, 0.15) is 10.6 Å². The lowest BCUT2D eigenvalue weighted by Gasteiger charge is -1.90. The number of nitrogens with two attached hydrogens (primary N) is 1. The molecule has 0 unspecified atom stereocenters. The first-order valence-corrected chi connectivity index (χ1v) is 4.40. The normalized spacial score (nSPS) is 11.1. The Labute approximate surface area is 69.3 Å². The molecule has 0 aliphatic carbocycles. The Morgan fingerprint density at radius 3 is 2.73 bits per heavy atom. The molecule has 0 atom stereocenters. The molecular weight excluding hydrogens is 156 g/mol. The standard InChI is InChI=1S/C8H10N2S/c1-5-6(2)8-10(7(5)9)3-4-11-8/h3-4H,9H2,1-2H3. The molecule has 2 rings (SSSR count). The minimum Gasteiger partial charge on any atom is -0.385 e. The number of nitrogen functional groups attached to an aromatic ring is 1. The molecule has 0 bridgehead atoms. The second-order valence-electron chi connectivity index (χ2n) is 2.71. The van der Waals surface area contributed by atoms with Crippen LogP contribution in [-0.2, 0) is 0 Å². The van der Waals surface area contributed by atoms with Crippen LogP contribution in [0.2, 0.25) is 0 Å². The minimum atomic E-state index is 0.874. The quantitative estimate of drug-likeness (QED) is 0.639. The van der Waals surface area contributed by atoms with Crippen LogP contribution in [0.5, 0.6) is 0 Å². The number of hydrogen-bond acceptors (Lipinski definition) is 2. The van der Waals surface area contributed by atoms with Gasteiger partial charge in [-0.25, -0.2) is 0 Å². The van der Waals surface area contributed by atoms with Gasteiger partial charge in [-0.3, -0.25) is 4.40 Å². The number of anilines is 1. The number of fused-ring (bicyclic) bond motifs is 1. The third-order valence-corrected chi connectivity index (χ3v) is 3.12. The van der Waals surface area contributed by atoms with E-state index >= 15 is 0 Å². The minimum absolute atomic E-state index is 0.874. The maximum absolute atomic E-state index is 5.85. The van der Waals surface area contributed by atoms with Crippen molar-refractivity contribution in [3.63, 3.8) is 0 Å². The fraction of sp³-hybridized carbons (Fsp3) is 0.250. The van der Waals surface area contributed by atoms with Crippen molar-refractivity contribution < 1.29 is 0 Å². The molecular formula is C8H10N2S. The van der Waals surface area contributed by atoms with E-state index in [0.717, 1.165) is 5.82 Å². The van der Waals surface area contributed by atoms with Crippen LogP contribution in [-0.4, -0.2) is 4.40 Å². The van der Waals surface area contributed by atoms with E-state index in [-0.39, 0.29) is 0 Å². The average Bonchev–Trinajstić information content (AvgIpc) is 2.53. The Morgan fingerprint density at radius 1 is 1.36 bits per heavy atom. The zero-order valence-corrected chi connectivity index (χ0v) is 7.40. The van der Waals surface area contributed by atoms with Crippen molar-refractivity contribution in [2.45, 2.75) is 13.8 Å². The summed E-state index contributed by atoms with van der Waals surface area (Å²) in [6, 6.07) is 0. The van der Waals surface area contributed by atoms with Gasteiger partial charge in [0.05, 0.1) is 0 Å². The molecule has 0 saturated heterocycles. The molecule has 2 nitrogen and oxygen atoms in total. The zero-order chi connectivity index (χ0) is 8.01. The second-order valence-corrected chi connectivity index (χ2v) is 3.61. The van der Waals surface area contributed by atoms with Crippen molar-refractivity contribution in [2.24, 2.45) is 0 Å². The highest BCUT2D eigenvalue weighted by molar-refractivity contribution is 7.15. The number of aromatic nitrogens is 1.